The molecule has 0 aliphatic heterocycles. The molecule has 2 N–H and O–H groups in total. The van der Waals surface area contributed by atoms with Gasteiger partial charge in [0.1, 0.15) is 5.54 Å². The van der Waals surface area contributed by atoms with Crippen molar-refractivity contribution in [3.8, 4) is 0 Å². The molecule has 0 rings (SSSR count). The molecule has 4 nitrogen and oxygen atoms in total. The molecule has 0 fully saturated rings. The molecule has 0 saturated carbocycles. The molecule has 0 spiro atoms. The molecule has 1 atom stereocenters. The smallest absolute Gasteiger partial charge is 0.327 e. The van der Waals surface area contributed by atoms with Crippen molar-refractivity contribution in [2.45, 2.75) is 32.4 Å². The fourth-order valence-electron chi connectivity index (χ4n) is 0.632. The first-order valence-corrected chi connectivity index (χ1v) is 3.89. The second-order valence-corrected chi connectivity index (χ2v) is 3.27. The molecule has 0 aliphatic carbocycles. The Bertz CT molecular complexity index is 154. The van der Waals surface area contributed by atoms with Crippen molar-refractivity contribution >= 4 is 5.97 Å². The maximum atomic E-state index is 11.0. The highest BCUT2D eigenvalue weighted by Gasteiger charge is 2.29. The molecule has 0 aromatic heterocycles. The zero-order valence-electron chi connectivity index (χ0n) is 8.09. The first-order valence-electron chi connectivity index (χ1n) is 3.89. The van der Waals surface area contributed by atoms with Gasteiger partial charge in [0, 0.05) is 0 Å². The predicted molar refractivity (Wildman–Crippen MR) is 45.7 cm³/mol. The third-order valence-corrected chi connectivity index (χ3v) is 1.37. The summed E-state index contributed by atoms with van der Waals surface area (Å²) in [7, 11) is 1.31. The van der Waals surface area contributed by atoms with Gasteiger partial charge >= 0.3 is 5.97 Å². The van der Waals surface area contributed by atoms with Gasteiger partial charge in [-0.05, 0) is 20.8 Å². The van der Waals surface area contributed by atoms with Crippen LogP contribution in [-0.2, 0) is 14.3 Å². The van der Waals surface area contributed by atoms with Crippen molar-refractivity contribution in [1.29, 1.82) is 0 Å². The van der Waals surface area contributed by atoms with E-state index in [1.807, 2.05) is 13.8 Å². The Hall–Kier alpha value is -0.610. The van der Waals surface area contributed by atoms with Gasteiger partial charge < -0.3 is 15.2 Å². The number of carbonyl (C=O) groups is 1. The number of hydrogen-bond donors (Lipinski definition) is 1. The summed E-state index contributed by atoms with van der Waals surface area (Å²) in [4.78, 5) is 11.0. The lowest BCUT2D eigenvalue weighted by Gasteiger charge is -2.22. The summed E-state index contributed by atoms with van der Waals surface area (Å²) in [6.07, 6.45) is 0.0672. The van der Waals surface area contributed by atoms with Gasteiger partial charge in [0.05, 0.1) is 19.8 Å². The summed E-state index contributed by atoms with van der Waals surface area (Å²) >= 11 is 0. The Balaban J connectivity index is 3.95. The minimum absolute atomic E-state index is 0.0672. The van der Waals surface area contributed by atoms with Crippen LogP contribution in [0.2, 0.25) is 0 Å². The van der Waals surface area contributed by atoms with Gasteiger partial charge in [-0.1, -0.05) is 0 Å². The maximum Gasteiger partial charge on any atom is 0.327 e. The van der Waals surface area contributed by atoms with E-state index in [1.54, 1.807) is 6.92 Å². The second-order valence-electron chi connectivity index (χ2n) is 3.27. The van der Waals surface area contributed by atoms with Crippen LogP contribution in [0.5, 0.6) is 0 Å². The van der Waals surface area contributed by atoms with E-state index in [0.29, 0.717) is 0 Å². The minimum Gasteiger partial charge on any atom is -0.468 e. The first kappa shape index (κ1) is 11.4. The highest BCUT2D eigenvalue weighted by molar-refractivity contribution is 5.80. The Kier molecular flexibility index (Phi) is 4.20. The van der Waals surface area contributed by atoms with E-state index < -0.39 is 11.5 Å². The van der Waals surface area contributed by atoms with Crippen LogP contribution in [0.4, 0.5) is 0 Å². The van der Waals surface area contributed by atoms with Crippen LogP contribution in [0.15, 0.2) is 0 Å². The Labute approximate surface area is 73.0 Å². The van der Waals surface area contributed by atoms with E-state index in [0.717, 1.165) is 0 Å². The predicted octanol–water partition coefficient (Wildman–Crippen LogP) is 0.302. The Morgan fingerprint density at radius 3 is 2.42 bits per heavy atom. The first-order chi connectivity index (χ1) is 5.40. The lowest BCUT2D eigenvalue weighted by atomic mass is 10.1. The number of hydrogen-bond acceptors (Lipinski definition) is 4. The number of carbonyl (C=O) groups excluding carboxylic acids is 1. The zero-order valence-corrected chi connectivity index (χ0v) is 8.09. The summed E-state index contributed by atoms with van der Waals surface area (Å²) in [6, 6.07) is 0. The molecule has 0 aromatic carbocycles. The van der Waals surface area contributed by atoms with Crippen LogP contribution in [0, 0.1) is 0 Å². The third kappa shape index (κ3) is 3.69. The van der Waals surface area contributed by atoms with E-state index in [4.69, 9.17) is 10.5 Å². The zero-order chi connectivity index (χ0) is 9.78. The maximum absolute atomic E-state index is 11.0. The number of methoxy groups -OCH3 is 1. The van der Waals surface area contributed by atoms with E-state index in [9.17, 15) is 4.79 Å². The normalized spacial score (nSPS) is 15.8. The van der Waals surface area contributed by atoms with Crippen molar-refractivity contribution in [1.82, 2.24) is 0 Å². The largest absolute Gasteiger partial charge is 0.468 e. The average molecular weight is 175 g/mol. The summed E-state index contributed by atoms with van der Waals surface area (Å²) in [5, 5.41) is 0. The van der Waals surface area contributed by atoms with Crippen LogP contribution in [0.3, 0.4) is 0 Å². The Morgan fingerprint density at radius 2 is 2.08 bits per heavy atom. The van der Waals surface area contributed by atoms with Gasteiger partial charge in [-0.25, -0.2) is 4.79 Å². The quantitative estimate of drug-likeness (QED) is 0.624. The summed E-state index contributed by atoms with van der Waals surface area (Å²) in [5.41, 5.74) is 4.58. The summed E-state index contributed by atoms with van der Waals surface area (Å²) in [6.45, 7) is 5.53. The molecule has 0 aliphatic rings. The topological polar surface area (TPSA) is 61.5 Å². The van der Waals surface area contributed by atoms with Crippen LogP contribution >= 0.6 is 0 Å². The van der Waals surface area contributed by atoms with Gasteiger partial charge in [-0.15, -0.1) is 0 Å². The molecule has 0 heterocycles. The van der Waals surface area contributed by atoms with Gasteiger partial charge in [0.25, 0.3) is 0 Å². The molecule has 0 amide bonds. The Morgan fingerprint density at radius 1 is 1.58 bits per heavy atom. The van der Waals surface area contributed by atoms with Gasteiger partial charge in [0.2, 0.25) is 0 Å². The number of nitrogens with two attached hydrogens (primary N) is 1. The van der Waals surface area contributed by atoms with E-state index in [-0.39, 0.29) is 12.7 Å². The summed E-state index contributed by atoms with van der Waals surface area (Å²) in [5.74, 6) is -0.455. The highest BCUT2D eigenvalue weighted by Crippen LogP contribution is 2.04. The van der Waals surface area contributed by atoms with Crippen LogP contribution < -0.4 is 5.73 Å². The van der Waals surface area contributed by atoms with E-state index in [2.05, 4.69) is 4.74 Å². The molecule has 72 valence electrons. The average Bonchev–Trinajstić information content (AvgIpc) is 1.99. The molecular weight excluding hydrogens is 158 g/mol. The van der Waals surface area contributed by atoms with Crippen LogP contribution in [0.25, 0.3) is 0 Å². The molecule has 0 bridgehead atoms. The second kappa shape index (κ2) is 4.42. The molecule has 4 heteroatoms. The summed E-state index contributed by atoms with van der Waals surface area (Å²) < 4.78 is 9.71. The van der Waals surface area contributed by atoms with Gasteiger partial charge in [-0.3, -0.25) is 0 Å². The molecule has 0 aromatic rings. The van der Waals surface area contributed by atoms with E-state index in [1.165, 1.54) is 7.11 Å². The van der Waals surface area contributed by atoms with Gasteiger partial charge in [0.15, 0.2) is 0 Å². The molecule has 1 unspecified atom stereocenters. The molecule has 0 radical (unpaired) electrons. The number of esters is 1. The van der Waals surface area contributed by atoms with Gasteiger partial charge in [-0.2, -0.15) is 0 Å². The monoisotopic (exact) mass is 175 g/mol. The van der Waals surface area contributed by atoms with Crippen molar-refractivity contribution in [2.75, 3.05) is 13.7 Å². The van der Waals surface area contributed by atoms with E-state index >= 15 is 0 Å². The molecular formula is C8H17NO3. The van der Waals surface area contributed by atoms with Crippen molar-refractivity contribution in [2.24, 2.45) is 5.73 Å². The molecule has 0 saturated heterocycles. The fraction of sp³-hybridized carbons (Fsp3) is 0.875. The number of ether oxygens (including phenoxy) is 2. The fourth-order valence-corrected chi connectivity index (χ4v) is 0.632. The lowest BCUT2D eigenvalue weighted by molar-refractivity contribution is -0.149. The standard InChI is InChI=1S/C8H17NO3/c1-6(2)12-5-8(3,9)7(10)11-4/h6H,5,9H2,1-4H3. The minimum atomic E-state index is -1.04. The van der Waals surface area contributed by atoms with Crippen molar-refractivity contribution in [3.63, 3.8) is 0 Å². The lowest BCUT2D eigenvalue weighted by Crippen LogP contribution is -2.50. The SMILES string of the molecule is COC(=O)C(C)(N)COC(C)C. The third-order valence-electron chi connectivity index (χ3n) is 1.37. The van der Waals surface area contributed by atoms with Crippen LogP contribution in [0.1, 0.15) is 20.8 Å². The van der Waals surface area contributed by atoms with Crippen LogP contribution in [-0.4, -0.2) is 31.3 Å². The highest BCUT2D eigenvalue weighted by atomic mass is 16.5. The van der Waals surface area contributed by atoms with Crippen molar-refractivity contribution < 1.29 is 14.3 Å². The van der Waals surface area contributed by atoms with Crippen molar-refractivity contribution in [3.05, 3.63) is 0 Å². The number of rotatable bonds is 4. The molecule has 12 heavy (non-hydrogen) atoms.